The number of ether oxygens (including phenoxy) is 2. The van der Waals surface area contributed by atoms with E-state index in [1.807, 2.05) is 25.7 Å². The molecule has 6 heteroatoms. The molecule has 30 heavy (non-hydrogen) atoms. The van der Waals surface area contributed by atoms with E-state index in [0.717, 1.165) is 32.8 Å². The number of piperazine rings is 1. The molecule has 6 nitrogen and oxygen atoms in total. The van der Waals surface area contributed by atoms with Gasteiger partial charge in [0, 0.05) is 50.3 Å². The van der Waals surface area contributed by atoms with Crippen LogP contribution in [-0.2, 0) is 16.0 Å². The summed E-state index contributed by atoms with van der Waals surface area (Å²) in [7, 11) is 0. The van der Waals surface area contributed by atoms with Gasteiger partial charge in [-0.25, -0.2) is 4.79 Å². The molecule has 2 fully saturated rings. The Bertz CT molecular complexity index is 681. The van der Waals surface area contributed by atoms with E-state index in [1.54, 1.807) is 0 Å². The lowest BCUT2D eigenvalue weighted by Gasteiger charge is -2.49. The minimum absolute atomic E-state index is 0.111. The van der Waals surface area contributed by atoms with E-state index in [0.29, 0.717) is 18.6 Å². The fraction of sp³-hybridized carbons (Fsp3) is 0.708. The lowest BCUT2D eigenvalue weighted by Crippen LogP contribution is -2.63. The van der Waals surface area contributed by atoms with Gasteiger partial charge in [0.1, 0.15) is 5.60 Å². The van der Waals surface area contributed by atoms with Crippen molar-refractivity contribution in [3.05, 3.63) is 35.9 Å². The standard InChI is InChI=1S/C24H39N3O3/c1-18-12-25(13-21-10-8-7-9-11-21)22(14-26-19(2)16-29-17-20(26)3)15-27(18)23(28)30-24(4,5)6/h7-11,18-20,22H,12-17H2,1-6H3/t18-,19-,20-,22+/m1/s1. The van der Waals surface area contributed by atoms with Gasteiger partial charge in [-0.1, -0.05) is 30.3 Å². The smallest absolute Gasteiger partial charge is 0.410 e. The van der Waals surface area contributed by atoms with Crippen LogP contribution >= 0.6 is 0 Å². The number of rotatable bonds is 4. The zero-order valence-electron chi connectivity index (χ0n) is 19.5. The normalized spacial score (nSPS) is 29.1. The Labute approximate surface area is 182 Å². The maximum Gasteiger partial charge on any atom is 0.410 e. The summed E-state index contributed by atoms with van der Waals surface area (Å²) in [5.41, 5.74) is 0.823. The van der Waals surface area contributed by atoms with Crippen molar-refractivity contribution in [2.45, 2.75) is 77.9 Å². The van der Waals surface area contributed by atoms with E-state index < -0.39 is 5.60 Å². The van der Waals surface area contributed by atoms with Crippen LogP contribution < -0.4 is 0 Å². The second-order valence-electron chi connectivity index (χ2n) is 9.98. The first-order valence-electron chi connectivity index (χ1n) is 11.2. The summed E-state index contributed by atoms with van der Waals surface area (Å²) < 4.78 is 11.4. The van der Waals surface area contributed by atoms with E-state index in [9.17, 15) is 4.79 Å². The maximum atomic E-state index is 12.9. The van der Waals surface area contributed by atoms with Crippen molar-refractivity contribution in [1.82, 2.24) is 14.7 Å². The predicted molar refractivity (Wildman–Crippen MR) is 119 cm³/mol. The van der Waals surface area contributed by atoms with Gasteiger partial charge < -0.3 is 14.4 Å². The van der Waals surface area contributed by atoms with E-state index in [4.69, 9.17) is 9.47 Å². The number of hydrogen-bond acceptors (Lipinski definition) is 5. The Hall–Kier alpha value is -1.63. The molecule has 0 aliphatic carbocycles. The molecule has 4 atom stereocenters. The van der Waals surface area contributed by atoms with Crippen LogP contribution in [0, 0.1) is 0 Å². The number of amides is 1. The van der Waals surface area contributed by atoms with Gasteiger partial charge in [0.2, 0.25) is 0 Å². The fourth-order valence-electron chi connectivity index (χ4n) is 4.51. The van der Waals surface area contributed by atoms with Crippen molar-refractivity contribution in [2.75, 3.05) is 32.8 Å². The average molecular weight is 418 g/mol. The largest absolute Gasteiger partial charge is 0.444 e. The highest BCUT2D eigenvalue weighted by Gasteiger charge is 2.38. The molecule has 1 amide bonds. The molecule has 2 saturated heterocycles. The van der Waals surface area contributed by atoms with Crippen LogP contribution in [0.15, 0.2) is 30.3 Å². The van der Waals surface area contributed by atoms with Gasteiger partial charge in [0.25, 0.3) is 0 Å². The van der Waals surface area contributed by atoms with Crippen LogP contribution in [-0.4, -0.2) is 83.4 Å². The molecule has 0 unspecified atom stereocenters. The van der Waals surface area contributed by atoms with Crippen LogP contribution in [0.2, 0.25) is 0 Å². The lowest BCUT2D eigenvalue weighted by molar-refractivity contribution is -0.0637. The van der Waals surface area contributed by atoms with Crippen molar-refractivity contribution in [3.8, 4) is 0 Å². The molecule has 0 aromatic heterocycles. The molecule has 0 N–H and O–H groups in total. The lowest BCUT2D eigenvalue weighted by atomic mass is 10.0. The van der Waals surface area contributed by atoms with Gasteiger partial charge in [0.15, 0.2) is 0 Å². The van der Waals surface area contributed by atoms with Gasteiger partial charge in [-0.05, 0) is 47.1 Å². The monoisotopic (exact) mass is 417 g/mol. The quantitative estimate of drug-likeness (QED) is 0.749. The number of hydrogen-bond donors (Lipinski definition) is 0. The summed E-state index contributed by atoms with van der Waals surface area (Å²) in [5.74, 6) is 0. The van der Waals surface area contributed by atoms with E-state index in [2.05, 4.69) is 60.9 Å². The molecule has 3 rings (SSSR count). The minimum Gasteiger partial charge on any atom is -0.444 e. The Morgan fingerprint density at radius 3 is 2.27 bits per heavy atom. The summed E-state index contributed by atoms with van der Waals surface area (Å²) in [6, 6.07) is 11.7. The summed E-state index contributed by atoms with van der Waals surface area (Å²) in [4.78, 5) is 19.9. The third kappa shape index (κ3) is 5.96. The maximum absolute atomic E-state index is 12.9. The second kappa shape index (κ2) is 9.67. The van der Waals surface area contributed by atoms with Gasteiger partial charge in [-0.3, -0.25) is 9.80 Å². The molecule has 0 radical (unpaired) electrons. The van der Waals surface area contributed by atoms with Gasteiger partial charge in [-0.2, -0.15) is 0 Å². The summed E-state index contributed by atoms with van der Waals surface area (Å²) in [6.07, 6.45) is -0.206. The van der Waals surface area contributed by atoms with Gasteiger partial charge >= 0.3 is 6.09 Å². The first-order valence-corrected chi connectivity index (χ1v) is 11.2. The number of benzene rings is 1. The van der Waals surface area contributed by atoms with Crippen molar-refractivity contribution >= 4 is 6.09 Å². The molecule has 0 saturated carbocycles. The molecule has 1 aromatic carbocycles. The molecule has 2 aliphatic heterocycles. The number of morpholine rings is 1. The summed E-state index contributed by atoms with van der Waals surface area (Å²) in [6.45, 7) is 17.2. The Balaban J connectivity index is 1.78. The van der Waals surface area contributed by atoms with Crippen LogP contribution in [0.25, 0.3) is 0 Å². The van der Waals surface area contributed by atoms with Crippen LogP contribution in [0.1, 0.15) is 47.1 Å². The molecule has 2 heterocycles. The molecular formula is C24H39N3O3. The third-order valence-corrected chi connectivity index (χ3v) is 6.08. The zero-order valence-corrected chi connectivity index (χ0v) is 19.5. The molecule has 0 spiro atoms. The molecular weight excluding hydrogens is 378 g/mol. The number of carbonyl (C=O) groups is 1. The predicted octanol–water partition coefficient (Wildman–Crippen LogP) is 3.61. The molecule has 168 valence electrons. The summed E-state index contributed by atoms with van der Waals surface area (Å²) >= 11 is 0. The average Bonchev–Trinajstić information content (AvgIpc) is 2.65. The highest BCUT2D eigenvalue weighted by Crippen LogP contribution is 2.24. The van der Waals surface area contributed by atoms with Gasteiger partial charge in [0.05, 0.1) is 13.2 Å². The van der Waals surface area contributed by atoms with Crippen molar-refractivity contribution in [1.29, 1.82) is 0 Å². The van der Waals surface area contributed by atoms with Crippen LogP contribution in [0.5, 0.6) is 0 Å². The number of nitrogens with zero attached hydrogens (tertiary/aromatic N) is 3. The van der Waals surface area contributed by atoms with Gasteiger partial charge in [-0.15, -0.1) is 0 Å². The van der Waals surface area contributed by atoms with E-state index in [1.165, 1.54) is 5.56 Å². The molecule has 1 aromatic rings. The van der Waals surface area contributed by atoms with Crippen LogP contribution in [0.4, 0.5) is 4.79 Å². The van der Waals surface area contributed by atoms with Crippen LogP contribution in [0.3, 0.4) is 0 Å². The molecule has 0 bridgehead atoms. The van der Waals surface area contributed by atoms with E-state index >= 15 is 0 Å². The third-order valence-electron chi connectivity index (χ3n) is 6.08. The Morgan fingerprint density at radius 2 is 1.67 bits per heavy atom. The topological polar surface area (TPSA) is 45.2 Å². The summed E-state index contributed by atoms with van der Waals surface area (Å²) in [5, 5.41) is 0. The highest BCUT2D eigenvalue weighted by atomic mass is 16.6. The SMILES string of the molecule is C[C@@H]1CN(Cc2ccccc2)[C@@H](CN2[C@H](C)COC[C@H]2C)CN1C(=O)OC(C)(C)C. The Kier molecular flexibility index (Phi) is 7.43. The Morgan fingerprint density at radius 1 is 1.03 bits per heavy atom. The van der Waals surface area contributed by atoms with Crippen molar-refractivity contribution in [3.63, 3.8) is 0 Å². The zero-order chi connectivity index (χ0) is 21.9. The van der Waals surface area contributed by atoms with E-state index in [-0.39, 0.29) is 18.2 Å². The fourth-order valence-corrected chi connectivity index (χ4v) is 4.51. The number of carbonyl (C=O) groups excluding carboxylic acids is 1. The van der Waals surface area contributed by atoms with Crippen molar-refractivity contribution in [2.24, 2.45) is 0 Å². The highest BCUT2D eigenvalue weighted by molar-refractivity contribution is 5.68. The first-order chi connectivity index (χ1) is 14.1. The minimum atomic E-state index is -0.485. The first kappa shape index (κ1) is 23.0. The second-order valence-corrected chi connectivity index (χ2v) is 9.98. The molecule has 2 aliphatic rings. The van der Waals surface area contributed by atoms with Crippen molar-refractivity contribution < 1.29 is 14.3 Å².